The molecule has 0 fully saturated rings. The van der Waals surface area contributed by atoms with Crippen molar-refractivity contribution in [3.63, 3.8) is 0 Å². The Morgan fingerprint density at radius 3 is 2.79 bits per heavy atom. The van der Waals surface area contributed by atoms with Crippen LogP contribution in [0.3, 0.4) is 0 Å². The molecule has 0 bridgehead atoms. The Kier molecular flexibility index (Phi) is 4.78. The highest BCUT2D eigenvalue weighted by molar-refractivity contribution is 6.13. The predicted octanol–water partition coefficient (Wildman–Crippen LogP) is 0.897. The van der Waals surface area contributed by atoms with Gasteiger partial charge >= 0.3 is 5.97 Å². The second kappa shape index (κ2) is 7.55. The third-order valence-electron chi connectivity index (χ3n) is 4.08. The number of benzene rings is 2. The number of hydrogen-bond donors (Lipinski definition) is 0. The lowest BCUT2D eigenvalue weighted by Crippen LogP contribution is -2.29. The lowest BCUT2D eigenvalue weighted by atomic mass is 10.1. The SMILES string of the molecule is COc1cc(/C=C2\N=C(c3ccc4c(c3)OCO4)OC2=O)ccc1OCC(=O)[O-]. The third kappa shape index (κ3) is 3.84. The molecule has 9 heteroatoms. The highest BCUT2D eigenvalue weighted by Crippen LogP contribution is 2.34. The molecule has 0 saturated heterocycles. The van der Waals surface area contributed by atoms with Crippen LogP contribution in [0.5, 0.6) is 23.0 Å². The molecular formula is C20H14NO8-. The van der Waals surface area contributed by atoms with E-state index in [0.29, 0.717) is 28.4 Å². The molecule has 148 valence electrons. The van der Waals surface area contributed by atoms with Gasteiger partial charge in [-0.15, -0.1) is 0 Å². The fraction of sp³-hybridized carbons (Fsp3) is 0.150. The first-order chi connectivity index (χ1) is 14.0. The van der Waals surface area contributed by atoms with Crippen LogP contribution in [0, 0.1) is 0 Å². The van der Waals surface area contributed by atoms with Crippen molar-refractivity contribution in [2.75, 3.05) is 20.5 Å². The average Bonchev–Trinajstić information content (AvgIpc) is 3.32. The maximum absolute atomic E-state index is 12.2. The zero-order chi connectivity index (χ0) is 20.4. The first-order valence-electron chi connectivity index (χ1n) is 8.47. The Bertz CT molecular complexity index is 1060. The van der Waals surface area contributed by atoms with Crippen LogP contribution in [0.15, 0.2) is 47.1 Å². The standard InChI is InChI=1S/C20H15NO8/c1-25-16-7-11(2-4-14(16)26-9-18(22)23)6-13-20(24)29-19(21-13)12-3-5-15-17(8-12)28-10-27-15/h2-8H,9-10H2,1H3,(H,22,23)/p-1/b13-6-. The number of fused-ring (bicyclic) bond motifs is 1. The van der Waals surface area contributed by atoms with Gasteiger partial charge in [-0.2, -0.15) is 0 Å². The van der Waals surface area contributed by atoms with Crippen LogP contribution < -0.4 is 24.1 Å². The van der Waals surface area contributed by atoms with Gasteiger partial charge in [0.05, 0.1) is 13.1 Å². The fourth-order valence-electron chi connectivity index (χ4n) is 2.75. The van der Waals surface area contributed by atoms with E-state index < -0.39 is 18.5 Å². The Balaban J connectivity index is 1.59. The van der Waals surface area contributed by atoms with Crippen LogP contribution in [0.2, 0.25) is 0 Å². The monoisotopic (exact) mass is 396 g/mol. The van der Waals surface area contributed by atoms with E-state index in [1.807, 2.05) is 0 Å². The van der Waals surface area contributed by atoms with Gasteiger partial charge in [0.2, 0.25) is 12.7 Å². The summed E-state index contributed by atoms with van der Waals surface area (Å²) >= 11 is 0. The number of ether oxygens (including phenoxy) is 5. The molecule has 0 radical (unpaired) electrons. The van der Waals surface area contributed by atoms with Gasteiger partial charge in [-0.05, 0) is 42.0 Å². The summed E-state index contributed by atoms with van der Waals surface area (Å²) in [6.45, 7) is -0.465. The maximum atomic E-state index is 12.2. The van der Waals surface area contributed by atoms with Gasteiger partial charge in [0.25, 0.3) is 0 Å². The van der Waals surface area contributed by atoms with E-state index in [4.69, 9.17) is 23.7 Å². The van der Waals surface area contributed by atoms with E-state index in [2.05, 4.69) is 4.99 Å². The minimum absolute atomic E-state index is 0.100. The lowest BCUT2D eigenvalue weighted by Gasteiger charge is -2.11. The Morgan fingerprint density at radius 1 is 1.17 bits per heavy atom. The Hall–Kier alpha value is -4.01. The number of esters is 1. The predicted molar refractivity (Wildman–Crippen MR) is 96.7 cm³/mol. The van der Waals surface area contributed by atoms with Crippen LogP contribution in [-0.2, 0) is 14.3 Å². The zero-order valence-electron chi connectivity index (χ0n) is 15.2. The number of methoxy groups -OCH3 is 1. The van der Waals surface area contributed by atoms with Gasteiger partial charge in [0, 0.05) is 5.56 Å². The van der Waals surface area contributed by atoms with E-state index >= 15 is 0 Å². The molecule has 2 aliphatic heterocycles. The van der Waals surface area contributed by atoms with Crippen molar-refractivity contribution in [2.45, 2.75) is 0 Å². The normalized spacial score (nSPS) is 15.8. The molecule has 0 spiro atoms. The first kappa shape index (κ1) is 18.4. The number of carbonyl (C=O) groups is 2. The molecule has 0 aromatic heterocycles. The molecular weight excluding hydrogens is 382 g/mol. The number of nitrogens with zero attached hydrogens (tertiary/aromatic N) is 1. The van der Waals surface area contributed by atoms with Gasteiger partial charge < -0.3 is 33.6 Å². The highest BCUT2D eigenvalue weighted by atomic mass is 16.7. The smallest absolute Gasteiger partial charge is 0.363 e. The van der Waals surface area contributed by atoms with E-state index in [9.17, 15) is 14.7 Å². The van der Waals surface area contributed by atoms with Gasteiger partial charge in [-0.3, -0.25) is 0 Å². The molecule has 0 atom stereocenters. The van der Waals surface area contributed by atoms with Gasteiger partial charge in [0.1, 0.15) is 6.61 Å². The number of rotatable bonds is 6. The molecule has 9 nitrogen and oxygen atoms in total. The third-order valence-corrected chi connectivity index (χ3v) is 4.08. The van der Waals surface area contributed by atoms with Gasteiger partial charge in [0.15, 0.2) is 28.7 Å². The molecule has 0 amide bonds. The number of carbonyl (C=O) groups excluding carboxylic acids is 2. The molecule has 4 rings (SSSR count). The van der Waals surface area contributed by atoms with Crippen LogP contribution >= 0.6 is 0 Å². The summed E-state index contributed by atoms with van der Waals surface area (Å²) in [6.07, 6.45) is 1.52. The van der Waals surface area contributed by atoms with Crippen LogP contribution in [0.25, 0.3) is 6.08 Å². The van der Waals surface area contributed by atoms with Gasteiger partial charge in [-0.25, -0.2) is 9.79 Å². The topological polar surface area (TPSA) is 116 Å². The number of cyclic esters (lactones) is 1. The Morgan fingerprint density at radius 2 is 2.00 bits per heavy atom. The van der Waals surface area contributed by atoms with E-state index in [1.54, 1.807) is 30.3 Å². The van der Waals surface area contributed by atoms with Crippen LogP contribution in [-0.4, -0.2) is 38.3 Å². The highest BCUT2D eigenvalue weighted by Gasteiger charge is 2.26. The molecule has 2 heterocycles. The molecule has 2 aromatic carbocycles. The van der Waals surface area contributed by atoms with Crippen molar-refractivity contribution in [2.24, 2.45) is 4.99 Å². The van der Waals surface area contributed by atoms with Crippen molar-refractivity contribution in [1.29, 1.82) is 0 Å². The molecule has 2 aliphatic rings. The fourth-order valence-corrected chi connectivity index (χ4v) is 2.75. The second-order valence-corrected chi connectivity index (χ2v) is 5.98. The number of aliphatic imine (C=N–C) groups is 1. The number of hydrogen-bond acceptors (Lipinski definition) is 9. The zero-order valence-corrected chi connectivity index (χ0v) is 15.2. The molecule has 29 heavy (non-hydrogen) atoms. The summed E-state index contributed by atoms with van der Waals surface area (Å²) in [5.41, 5.74) is 1.27. The van der Waals surface area contributed by atoms with E-state index in [0.717, 1.165) is 0 Å². The second-order valence-electron chi connectivity index (χ2n) is 5.98. The lowest BCUT2D eigenvalue weighted by molar-refractivity contribution is -0.307. The minimum Gasteiger partial charge on any atom is -0.546 e. The summed E-state index contributed by atoms with van der Waals surface area (Å²) in [5, 5.41) is 10.5. The summed E-state index contributed by atoms with van der Waals surface area (Å²) < 4.78 is 26.1. The number of aliphatic carboxylic acids is 1. The molecule has 0 aliphatic carbocycles. The summed E-state index contributed by atoms with van der Waals surface area (Å²) in [5.74, 6) is -0.103. The first-order valence-corrected chi connectivity index (χ1v) is 8.47. The van der Waals surface area contributed by atoms with Crippen molar-refractivity contribution < 1.29 is 38.4 Å². The average molecular weight is 396 g/mol. The van der Waals surface area contributed by atoms with Crippen LogP contribution in [0.4, 0.5) is 0 Å². The van der Waals surface area contributed by atoms with Gasteiger partial charge in [-0.1, -0.05) is 6.07 Å². The summed E-state index contributed by atoms with van der Waals surface area (Å²) in [7, 11) is 1.41. The van der Waals surface area contributed by atoms with Crippen molar-refractivity contribution in [3.8, 4) is 23.0 Å². The van der Waals surface area contributed by atoms with Crippen molar-refractivity contribution >= 4 is 23.9 Å². The molecule has 0 N–H and O–H groups in total. The molecule has 2 aromatic rings. The van der Waals surface area contributed by atoms with E-state index in [1.165, 1.54) is 19.3 Å². The quantitative estimate of drug-likeness (QED) is 0.522. The van der Waals surface area contributed by atoms with Crippen molar-refractivity contribution in [3.05, 3.63) is 53.2 Å². The minimum atomic E-state index is -1.35. The van der Waals surface area contributed by atoms with Crippen molar-refractivity contribution in [1.82, 2.24) is 0 Å². The molecule has 0 unspecified atom stereocenters. The molecule has 0 saturated carbocycles. The number of carboxylic acids is 1. The van der Waals surface area contributed by atoms with Crippen LogP contribution in [0.1, 0.15) is 11.1 Å². The summed E-state index contributed by atoms with van der Waals surface area (Å²) in [6, 6.07) is 9.85. The summed E-state index contributed by atoms with van der Waals surface area (Å²) in [4.78, 5) is 27.0. The maximum Gasteiger partial charge on any atom is 0.363 e. The Labute approximate surface area is 164 Å². The van der Waals surface area contributed by atoms with E-state index in [-0.39, 0.29) is 24.1 Å². The largest absolute Gasteiger partial charge is 0.546 e. The number of carboxylic acid groups (broad SMARTS) is 1.